The highest BCUT2D eigenvalue weighted by molar-refractivity contribution is 5.25. The first-order chi connectivity index (χ1) is 7.31. The molecular formula is C13H20N2. The molecule has 1 fully saturated rings. The maximum Gasteiger partial charge on any atom is 0.0470 e. The molecule has 0 aromatic heterocycles. The number of nitrogens with zero attached hydrogens (tertiary/aromatic N) is 1. The highest BCUT2D eigenvalue weighted by Gasteiger charge is 2.21. The van der Waals surface area contributed by atoms with Crippen molar-refractivity contribution in [2.75, 3.05) is 19.6 Å². The molecule has 0 spiro atoms. The van der Waals surface area contributed by atoms with E-state index >= 15 is 0 Å². The highest BCUT2D eigenvalue weighted by atomic mass is 15.2. The van der Waals surface area contributed by atoms with Crippen molar-refractivity contribution in [3.8, 4) is 0 Å². The minimum absolute atomic E-state index is 0.424. The molecule has 1 aliphatic rings. The normalized spacial score (nSPS) is 19.3. The van der Waals surface area contributed by atoms with Crippen LogP contribution in [-0.2, 0) is 0 Å². The van der Waals surface area contributed by atoms with Crippen LogP contribution in [0.25, 0.3) is 0 Å². The molecule has 1 unspecified atom stereocenters. The summed E-state index contributed by atoms with van der Waals surface area (Å²) < 4.78 is 0. The van der Waals surface area contributed by atoms with E-state index in [2.05, 4.69) is 36.1 Å². The van der Waals surface area contributed by atoms with E-state index in [1.165, 1.54) is 37.1 Å². The third kappa shape index (κ3) is 2.39. The van der Waals surface area contributed by atoms with Crippen LogP contribution < -0.4 is 5.73 Å². The van der Waals surface area contributed by atoms with Gasteiger partial charge in [-0.2, -0.15) is 0 Å². The molecule has 1 aromatic rings. The van der Waals surface area contributed by atoms with E-state index in [1.54, 1.807) is 0 Å². The van der Waals surface area contributed by atoms with Gasteiger partial charge in [0.2, 0.25) is 0 Å². The summed E-state index contributed by atoms with van der Waals surface area (Å²) in [6, 6.07) is 9.15. The van der Waals surface area contributed by atoms with Gasteiger partial charge in [0.15, 0.2) is 0 Å². The van der Waals surface area contributed by atoms with Crippen LogP contribution in [0.3, 0.4) is 0 Å². The smallest absolute Gasteiger partial charge is 0.0470 e. The van der Waals surface area contributed by atoms with Crippen LogP contribution in [0.15, 0.2) is 24.3 Å². The zero-order chi connectivity index (χ0) is 10.7. The Morgan fingerprint density at radius 2 is 2.07 bits per heavy atom. The lowest BCUT2D eigenvalue weighted by Gasteiger charge is -2.26. The summed E-state index contributed by atoms with van der Waals surface area (Å²) in [6.07, 6.45) is 2.64. The van der Waals surface area contributed by atoms with E-state index < -0.39 is 0 Å². The second-order valence-electron chi connectivity index (χ2n) is 4.41. The zero-order valence-electron chi connectivity index (χ0n) is 9.45. The SMILES string of the molecule is Cc1cccc(C(CN)N2CCCC2)c1. The number of benzene rings is 1. The number of rotatable bonds is 3. The molecule has 2 heteroatoms. The summed E-state index contributed by atoms with van der Waals surface area (Å²) in [5.41, 5.74) is 8.59. The lowest BCUT2D eigenvalue weighted by atomic mass is 10.0. The van der Waals surface area contributed by atoms with E-state index in [9.17, 15) is 0 Å². The van der Waals surface area contributed by atoms with E-state index in [1.807, 2.05) is 0 Å². The molecule has 2 rings (SSSR count). The second kappa shape index (κ2) is 4.77. The molecule has 2 nitrogen and oxygen atoms in total. The summed E-state index contributed by atoms with van der Waals surface area (Å²) in [7, 11) is 0. The predicted octanol–water partition coefficient (Wildman–Crippen LogP) is 2.09. The molecule has 2 N–H and O–H groups in total. The van der Waals surface area contributed by atoms with Gasteiger partial charge in [-0.1, -0.05) is 29.8 Å². The van der Waals surface area contributed by atoms with Crippen molar-refractivity contribution in [1.29, 1.82) is 0 Å². The van der Waals surface area contributed by atoms with Gasteiger partial charge < -0.3 is 5.73 Å². The summed E-state index contributed by atoms with van der Waals surface area (Å²) in [5, 5.41) is 0. The molecule has 0 radical (unpaired) electrons. The van der Waals surface area contributed by atoms with E-state index in [0.717, 1.165) is 6.54 Å². The minimum atomic E-state index is 0.424. The molecular weight excluding hydrogens is 184 g/mol. The van der Waals surface area contributed by atoms with Crippen molar-refractivity contribution < 1.29 is 0 Å². The van der Waals surface area contributed by atoms with Crippen molar-refractivity contribution in [1.82, 2.24) is 4.90 Å². The van der Waals surface area contributed by atoms with Gasteiger partial charge in [-0.25, -0.2) is 0 Å². The Kier molecular flexibility index (Phi) is 3.39. The van der Waals surface area contributed by atoms with Gasteiger partial charge in [-0.3, -0.25) is 4.90 Å². The Balaban J connectivity index is 2.18. The fourth-order valence-electron chi connectivity index (χ4n) is 2.43. The van der Waals surface area contributed by atoms with Crippen molar-refractivity contribution in [3.05, 3.63) is 35.4 Å². The van der Waals surface area contributed by atoms with Gasteiger partial charge in [0.1, 0.15) is 0 Å². The molecule has 82 valence electrons. The average Bonchev–Trinajstić information content (AvgIpc) is 2.72. The molecule has 15 heavy (non-hydrogen) atoms. The number of aryl methyl sites for hydroxylation is 1. The van der Waals surface area contributed by atoms with Crippen LogP contribution in [0.2, 0.25) is 0 Å². The van der Waals surface area contributed by atoms with Crippen LogP contribution in [0.1, 0.15) is 30.0 Å². The number of hydrogen-bond donors (Lipinski definition) is 1. The van der Waals surface area contributed by atoms with Gasteiger partial charge in [0, 0.05) is 12.6 Å². The molecule has 1 heterocycles. The average molecular weight is 204 g/mol. The molecule has 1 aromatic carbocycles. The fourth-order valence-corrected chi connectivity index (χ4v) is 2.43. The Morgan fingerprint density at radius 3 is 2.67 bits per heavy atom. The highest BCUT2D eigenvalue weighted by Crippen LogP contribution is 2.24. The first kappa shape index (κ1) is 10.7. The third-order valence-electron chi connectivity index (χ3n) is 3.23. The van der Waals surface area contributed by atoms with Gasteiger partial charge in [0.25, 0.3) is 0 Å². The maximum atomic E-state index is 5.89. The van der Waals surface area contributed by atoms with Gasteiger partial charge >= 0.3 is 0 Å². The summed E-state index contributed by atoms with van der Waals surface area (Å²) in [6.45, 7) is 5.27. The summed E-state index contributed by atoms with van der Waals surface area (Å²) >= 11 is 0. The Labute approximate surface area is 92.1 Å². The molecule has 1 aliphatic heterocycles. The Morgan fingerprint density at radius 1 is 1.33 bits per heavy atom. The number of hydrogen-bond acceptors (Lipinski definition) is 2. The molecule has 0 bridgehead atoms. The van der Waals surface area contributed by atoms with Gasteiger partial charge in [-0.15, -0.1) is 0 Å². The van der Waals surface area contributed by atoms with Crippen LogP contribution >= 0.6 is 0 Å². The zero-order valence-corrected chi connectivity index (χ0v) is 9.45. The van der Waals surface area contributed by atoms with Crippen molar-refractivity contribution in [3.63, 3.8) is 0 Å². The number of likely N-dealkylation sites (tertiary alicyclic amines) is 1. The first-order valence-electron chi connectivity index (χ1n) is 5.82. The molecule has 0 saturated carbocycles. The van der Waals surface area contributed by atoms with Gasteiger partial charge in [0.05, 0.1) is 0 Å². The van der Waals surface area contributed by atoms with Gasteiger partial charge in [-0.05, 0) is 38.4 Å². The summed E-state index contributed by atoms with van der Waals surface area (Å²) in [5.74, 6) is 0. The lowest BCUT2D eigenvalue weighted by molar-refractivity contribution is 0.251. The van der Waals surface area contributed by atoms with Crippen LogP contribution in [-0.4, -0.2) is 24.5 Å². The minimum Gasteiger partial charge on any atom is -0.329 e. The van der Waals surface area contributed by atoms with E-state index in [-0.39, 0.29) is 0 Å². The van der Waals surface area contributed by atoms with Crippen molar-refractivity contribution in [2.45, 2.75) is 25.8 Å². The van der Waals surface area contributed by atoms with Crippen LogP contribution in [0, 0.1) is 6.92 Å². The molecule has 1 atom stereocenters. The predicted molar refractivity (Wildman–Crippen MR) is 63.8 cm³/mol. The fraction of sp³-hybridized carbons (Fsp3) is 0.538. The van der Waals surface area contributed by atoms with Crippen LogP contribution in [0.5, 0.6) is 0 Å². The molecule has 0 amide bonds. The molecule has 1 saturated heterocycles. The second-order valence-corrected chi connectivity index (χ2v) is 4.41. The van der Waals surface area contributed by atoms with Crippen molar-refractivity contribution >= 4 is 0 Å². The third-order valence-corrected chi connectivity index (χ3v) is 3.23. The van der Waals surface area contributed by atoms with Crippen LogP contribution in [0.4, 0.5) is 0 Å². The first-order valence-corrected chi connectivity index (χ1v) is 5.82. The topological polar surface area (TPSA) is 29.3 Å². The number of nitrogens with two attached hydrogens (primary N) is 1. The van der Waals surface area contributed by atoms with E-state index in [4.69, 9.17) is 5.73 Å². The lowest BCUT2D eigenvalue weighted by Crippen LogP contribution is -2.31. The largest absolute Gasteiger partial charge is 0.329 e. The Bertz CT molecular complexity index is 316. The van der Waals surface area contributed by atoms with Crippen molar-refractivity contribution in [2.24, 2.45) is 5.73 Å². The Hall–Kier alpha value is -0.860. The quantitative estimate of drug-likeness (QED) is 0.817. The maximum absolute atomic E-state index is 5.89. The monoisotopic (exact) mass is 204 g/mol. The summed E-state index contributed by atoms with van der Waals surface area (Å²) in [4.78, 5) is 2.51. The van der Waals surface area contributed by atoms with E-state index in [0.29, 0.717) is 6.04 Å². The molecule has 0 aliphatic carbocycles. The standard InChI is InChI=1S/C13H20N2/c1-11-5-4-6-12(9-11)13(10-14)15-7-2-3-8-15/h4-6,9,13H,2-3,7-8,10,14H2,1H3.